The van der Waals surface area contributed by atoms with Crippen molar-refractivity contribution in [3.8, 4) is 0 Å². The molecule has 1 aliphatic rings. The number of anilines is 2. The fourth-order valence-electron chi connectivity index (χ4n) is 2.25. The molecule has 0 amide bonds. The molecule has 0 saturated heterocycles. The predicted octanol–water partition coefficient (Wildman–Crippen LogP) is 4.07. The molecule has 1 N–H and O–H groups in total. The molecule has 1 aromatic carbocycles. The molecular formula is C14H16N2S. The second-order valence-electron chi connectivity index (χ2n) is 4.59. The molecule has 1 aliphatic carbocycles. The van der Waals surface area contributed by atoms with E-state index in [2.05, 4.69) is 41.5 Å². The van der Waals surface area contributed by atoms with Gasteiger partial charge in [-0.2, -0.15) is 0 Å². The smallest absolute Gasteiger partial charge is 0.187 e. The first kappa shape index (κ1) is 10.8. The number of hydrogen-bond acceptors (Lipinski definition) is 3. The van der Waals surface area contributed by atoms with Crippen LogP contribution in [0.4, 0.5) is 10.8 Å². The van der Waals surface area contributed by atoms with Gasteiger partial charge in [-0.15, -0.1) is 11.3 Å². The molecule has 0 radical (unpaired) electrons. The Hall–Kier alpha value is -1.35. The van der Waals surface area contributed by atoms with Crippen LogP contribution in [0.15, 0.2) is 24.3 Å². The minimum Gasteiger partial charge on any atom is -0.332 e. The molecule has 0 aliphatic heterocycles. The molecule has 1 heterocycles. The van der Waals surface area contributed by atoms with Crippen LogP contribution in [-0.4, -0.2) is 4.98 Å². The summed E-state index contributed by atoms with van der Waals surface area (Å²) >= 11 is 1.81. The molecule has 3 heteroatoms. The van der Waals surface area contributed by atoms with E-state index in [-0.39, 0.29) is 0 Å². The van der Waals surface area contributed by atoms with E-state index in [1.165, 1.54) is 35.4 Å². The Morgan fingerprint density at radius 2 is 2.12 bits per heavy atom. The van der Waals surface area contributed by atoms with E-state index < -0.39 is 0 Å². The third-order valence-corrected chi connectivity index (χ3v) is 4.19. The van der Waals surface area contributed by atoms with Crippen LogP contribution in [0.3, 0.4) is 0 Å². The van der Waals surface area contributed by atoms with E-state index in [4.69, 9.17) is 0 Å². The van der Waals surface area contributed by atoms with E-state index >= 15 is 0 Å². The van der Waals surface area contributed by atoms with Gasteiger partial charge in [-0.1, -0.05) is 12.1 Å². The lowest BCUT2D eigenvalue weighted by Crippen LogP contribution is -1.99. The number of nitrogens with one attached hydrogen (secondary N) is 1. The van der Waals surface area contributed by atoms with Crippen molar-refractivity contribution in [2.75, 3.05) is 5.32 Å². The highest BCUT2D eigenvalue weighted by Crippen LogP contribution is 2.31. The summed E-state index contributed by atoms with van der Waals surface area (Å²) in [4.78, 5) is 6.16. The lowest BCUT2D eigenvalue weighted by atomic mass is 10.0. The molecule has 2 aromatic rings. The monoisotopic (exact) mass is 244 g/mol. The van der Waals surface area contributed by atoms with Crippen molar-refractivity contribution in [1.82, 2.24) is 4.98 Å². The summed E-state index contributed by atoms with van der Waals surface area (Å²) in [6, 6.07) is 8.43. The Morgan fingerprint density at radius 3 is 2.94 bits per heavy atom. The minimum absolute atomic E-state index is 1.04. The normalized spacial score (nSPS) is 14.4. The lowest BCUT2D eigenvalue weighted by Gasteiger charge is -2.06. The number of thiazole rings is 1. The Labute approximate surface area is 106 Å². The van der Waals surface area contributed by atoms with Gasteiger partial charge in [-0.25, -0.2) is 4.98 Å². The number of nitrogens with zero attached hydrogens (tertiary/aromatic N) is 1. The maximum atomic E-state index is 4.68. The lowest BCUT2D eigenvalue weighted by molar-refractivity contribution is 0.683. The van der Waals surface area contributed by atoms with Crippen LogP contribution in [0.25, 0.3) is 0 Å². The number of aryl methyl sites for hydroxylation is 3. The molecule has 0 unspecified atom stereocenters. The number of rotatable bonds is 2. The fourth-order valence-corrected chi connectivity index (χ4v) is 3.32. The molecule has 0 fully saturated rings. The highest BCUT2D eigenvalue weighted by atomic mass is 32.1. The van der Waals surface area contributed by atoms with E-state index in [9.17, 15) is 0 Å². The molecule has 3 rings (SSSR count). The zero-order chi connectivity index (χ0) is 11.7. The maximum Gasteiger partial charge on any atom is 0.187 e. The Bertz CT molecular complexity index is 507. The Kier molecular flexibility index (Phi) is 2.85. The third kappa shape index (κ3) is 2.34. The van der Waals surface area contributed by atoms with Crippen molar-refractivity contribution < 1.29 is 0 Å². The summed E-state index contributed by atoms with van der Waals surface area (Å²) in [5, 5.41) is 4.45. The Morgan fingerprint density at radius 1 is 1.24 bits per heavy atom. The van der Waals surface area contributed by atoms with Crippen molar-refractivity contribution in [3.63, 3.8) is 0 Å². The summed E-state index contributed by atoms with van der Waals surface area (Å²) in [6.07, 6.45) is 4.98. The highest BCUT2D eigenvalue weighted by molar-refractivity contribution is 7.15. The number of hydrogen-bond donors (Lipinski definition) is 1. The van der Waals surface area contributed by atoms with Crippen molar-refractivity contribution in [2.24, 2.45) is 0 Å². The first-order valence-corrected chi connectivity index (χ1v) is 6.95. The maximum absolute atomic E-state index is 4.68. The van der Waals surface area contributed by atoms with Crippen LogP contribution in [0.1, 0.15) is 29.0 Å². The topological polar surface area (TPSA) is 24.9 Å². The minimum atomic E-state index is 1.04. The molecule has 1 aromatic heterocycles. The average Bonchev–Trinajstić information content (AvgIpc) is 2.71. The van der Waals surface area contributed by atoms with E-state index in [0.717, 1.165) is 17.2 Å². The predicted molar refractivity (Wildman–Crippen MR) is 73.2 cm³/mol. The second-order valence-corrected chi connectivity index (χ2v) is 5.67. The van der Waals surface area contributed by atoms with Crippen LogP contribution in [0.2, 0.25) is 0 Å². The second kappa shape index (κ2) is 4.49. The first-order valence-electron chi connectivity index (χ1n) is 6.13. The van der Waals surface area contributed by atoms with Crippen LogP contribution in [0, 0.1) is 6.92 Å². The van der Waals surface area contributed by atoms with Gasteiger partial charge in [0.25, 0.3) is 0 Å². The van der Waals surface area contributed by atoms with Gasteiger partial charge in [0.1, 0.15) is 0 Å². The van der Waals surface area contributed by atoms with Gasteiger partial charge in [-0.05, 0) is 50.3 Å². The van der Waals surface area contributed by atoms with Gasteiger partial charge < -0.3 is 5.32 Å². The van der Waals surface area contributed by atoms with Gasteiger partial charge in [0.2, 0.25) is 0 Å². The summed E-state index contributed by atoms with van der Waals surface area (Å²) < 4.78 is 0. The summed E-state index contributed by atoms with van der Waals surface area (Å²) in [5.74, 6) is 0. The fraction of sp³-hybridized carbons (Fsp3) is 0.357. The van der Waals surface area contributed by atoms with Crippen molar-refractivity contribution in [1.29, 1.82) is 0 Å². The molecule has 17 heavy (non-hydrogen) atoms. The Balaban J connectivity index is 1.83. The van der Waals surface area contributed by atoms with Crippen LogP contribution in [-0.2, 0) is 12.8 Å². The standard InChI is InChI=1S/C14H16N2S/c1-10-5-4-6-11(9-10)15-14-16-12-7-2-3-8-13(12)17-14/h4-6,9H,2-3,7-8H2,1H3,(H,15,16). The van der Waals surface area contributed by atoms with E-state index in [0.29, 0.717) is 0 Å². The highest BCUT2D eigenvalue weighted by Gasteiger charge is 2.14. The van der Waals surface area contributed by atoms with Gasteiger partial charge in [0.15, 0.2) is 5.13 Å². The van der Waals surface area contributed by atoms with Crippen molar-refractivity contribution in [3.05, 3.63) is 40.4 Å². The van der Waals surface area contributed by atoms with Gasteiger partial charge >= 0.3 is 0 Å². The van der Waals surface area contributed by atoms with Crippen molar-refractivity contribution >= 4 is 22.2 Å². The summed E-state index contributed by atoms with van der Waals surface area (Å²) in [5.41, 5.74) is 3.73. The molecule has 0 atom stereocenters. The van der Waals surface area contributed by atoms with E-state index in [1.807, 2.05) is 11.3 Å². The molecule has 0 bridgehead atoms. The number of benzene rings is 1. The van der Waals surface area contributed by atoms with Crippen LogP contribution in [0.5, 0.6) is 0 Å². The van der Waals surface area contributed by atoms with Gasteiger partial charge in [0.05, 0.1) is 5.69 Å². The van der Waals surface area contributed by atoms with Crippen LogP contribution >= 0.6 is 11.3 Å². The van der Waals surface area contributed by atoms with Gasteiger partial charge in [-0.3, -0.25) is 0 Å². The van der Waals surface area contributed by atoms with Crippen LogP contribution < -0.4 is 5.32 Å². The average molecular weight is 244 g/mol. The van der Waals surface area contributed by atoms with E-state index in [1.54, 1.807) is 0 Å². The molecule has 0 spiro atoms. The number of aromatic nitrogens is 1. The summed E-state index contributed by atoms with van der Waals surface area (Å²) in [6.45, 7) is 2.11. The van der Waals surface area contributed by atoms with Gasteiger partial charge in [0, 0.05) is 10.6 Å². The first-order chi connectivity index (χ1) is 8.31. The molecule has 2 nitrogen and oxygen atoms in total. The molecule has 0 saturated carbocycles. The SMILES string of the molecule is Cc1cccc(Nc2nc3c(s2)CCCC3)c1. The molecular weight excluding hydrogens is 228 g/mol. The largest absolute Gasteiger partial charge is 0.332 e. The third-order valence-electron chi connectivity index (χ3n) is 3.12. The zero-order valence-corrected chi connectivity index (χ0v) is 10.8. The zero-order valence-electron chi connectivity index (χ0n) is 9.99. The quantitative estimate of drug-likeness (QED) is 0.861. The summed E-state index contributed by atoms with van der Waals surface area (Å²) in [7, 11) is 0. The van der Waals surface area contributed by atoms with Crippen molar-refractivity contribution in [2.45, 2.75) is 32.6 Å². The number of fused-ring (bicyclic) bond motifs is 1. The molecule has 88 valence electrons.